The fourth-order valence-electron chi connectivity index (χ4n) is 2.99. The van der Waals surface area contributed by atoms with Gasteiger partial charge in [-0.15, -0.1) is 0 Å². The van der Waals surface area contributed by atoms with Gasteiger partial charge < -0.3 is 4.90 Å². The molecule has 144 valence electrons. The highest BCUT2D eigenvalue weighted by Gasteiger charge is 2.40. The number of hydrogen-bond acceptors (Lipinski definition) is 1. The average molecular weight is 446 g/mol. The van der Waals surface area contributed by atoms with E-state index >= 15 is 0 Å². The van der Waals surface area contributed by atoms with Gasteiger partial charge >= 0.3 is 6.18 Å². The van der Waals surface area contributed by atoms with Crippen molar-refractivity contribution in [2.24, 2.45) is 0 Å². The maximum Gasteiger partial charge on any atom is 0.432 e. The van der Waals surface area contributed by atoms with Crippen LogP contribution >= 0.6 is 15.9 Å². The molecule has 0 saturated carbocycles. The molecule has 1 nitrogen and oxygen atoms in total. The zero-order chi connectivity index (χ0) is 20.0. The summed E-state index contributed by atoms with van der Waals surface area (Å²) in [5.74, 6) is 0. The summed E-state index contributed by atoms with van der Waals surface area (Å²) in [5, 5.41) is 0. The summed E-state index contributed by atoms with van der Waals surface area (Å²) in [6.45, 7) is 0.291. The number of rotatable bonds is 6. The molecule has 0 fully saturated rings. The lowest BCUT2D eigenvalue weighted by atomic mass is 10.1. The molecular weight excluding hydrogens is 427 g/mol. The number of hydrogen-bond donors (Lipinski definition) is 0. The van der Waals surface area contributed by atoms with Crippen LogP contribution in [0.4, 0.5) is 13.2 Å². The average Bonchev–Trinajstić information content (AvgIpc) is 2.69. The van der Waals surface area contributed by atoms with Gasteiger partial charge in [-0.2, -0.15) is 13.2 Å². The van der Waals surface area contributed by atoms with Crippen molar-refractivity contribution in [3.8, 4) is 0 Å². The van der Waals surface area contributed by atoms with Crippen molar-refractivity contribution >= 4 is 20.4 Å². The molecule has 0 atom stereocenters. The fourth-order valence-corrected chi connectivity index (χ4v) is 3.73. The van der Waals surface area contributed by atoms with Crippen LogP contribution in [0.1, 0.15) is 16.7 Å². The molecule has 0 unspecified atom stereocenters. The lowest BCUT2D eigenvalue weighted by Crippen LogP contribution is -2.32. The van der Waals surface area contributed by atoms with Crippen LogP contribution in [0, 0.1) is 0 Å². The molecule has 0 aromatic heterocycles. The Morgan fingerprint density at radius 3 is 1.46 bits per heavy atom. The predicted molar refractivity (Wildman–Crippen MR) is 110 cm³/mol. The molecule has 0 aliphatic heterocycles. The molecule has 5 heteroatoms. The van der Waals surface area contributed by atoms with Crippen LogP contribution in [-0.2, 0) is 13.1 Å². The van der Waals surface area contributed by atoms with Crippen molar-refractivity contribution in [3.05, 3.63) is 113 Å². The van der Waals surface area contributed by atoms with Gasteiger partial charge in [0.2, 0.25) is 0 Å². The highest BCUT2D eigenvalue weighted by Crippen LogP contribution is 2.39. The second kappa shape index (κ2) is 9.11. The van der Waals surface area contributed by atoms with E-state index in [1.807, 2.05) is 60.7 Å². The second-order valence-corrected chi connectivity index (χ2v) is 7.15. The first-order valence-electron chi connectivity index (χ1n) is 8.80. The summed E-state index contributed by atoms with van der Waals surface area (Å²) in [6.07, 6.45) is -4.52. The van der Waals surface area contributed by atoms with Crippen LogP contribution in [0.5, 0.6) is 0 Å². The SMILES string of the molecule is FC(F)(F)/C(=C(/Br)c1ccccc1)N(Cc1ccccc1)Cc1ccccc1. The van der Waals surface area contributed by atoms with Crippen LogP contribution in [0.3, 0.4) is 0 Å². The molecule has 0 aliphatic carbocycles. The third kappa shape index (κ3) is 5.26. The molecule has 0 spiro atoms. The van der Waals surface area contributed by atoms with E-state index in [2.05, 4.69) is 15.9 Å². The van der Waals surface area contributed by atoms with E-state index in [9.17, 15) is 13.2 Å². The minimum absolute atomic E-state index is 0.0347. The monoisotopic (exact) mass is 445 g/mol. The minimum atomic E-state index is -4.52. The Balaban J connectivity index is 2.08. The molecule has 0 saturated heterocycles. The Morgan fingerprint density at radius 2 is 1.07 bits per heavy atom. The quantitative estimate of drug-likeness (QED) is 0.394. The van der Waals surface area contributed by atoms with Crippen molar-refractivity contribution in [2.75, 3.05) is 0 Å². The van der Waals surface area contributed by atoms with Gasteiger partial charge in [0.15, 0.2) is 0 Å². The largest absolute Gasteiger partial charge is 0.432 e. The standard InChI is InChI=1S/C23H19BrF3N/c24-21(20-14-8-3-9-15-20)22(23(25,26)27)28(16-18-10-4-1-5-11-18)17-19-12-6-2-7-13-19/h1-15H,16-17H2/b22-21-. The van der Waals surface area contributed by atoms with Crippen molar-refractivity contribution in [1.29, 1.82) is 0 Å². The van der Waals surface area contributed by atoms with Gasteiger partial charge in [0.1, 0.15) is 5.70 Å². The number of halogens is 4. The highest BCUT2D eigenvalue weighted by atomic mass is 79.9. The Morgan fingerprint density at radius 1 is 0.679 bits per heavy atom. The molecular formula is C23H19BrF3N. The van der Waals surface area contributed by atoms with E-state index in [1.165, 1.54) is 4.90 Å². The van der Waals surface area contributed by atoms with E-state index in [-0.39, 0.29) is 17.6 Å². The Bertz CT molecular complexity index is 865. The molecule has 0 N–H and O–H groups in total. The van der Waals surface area contributed by atoms with Gasteiger partial charge in [-0.05, 0) is 32.6 Å². The third-order valence-electron chi connectivity index (χ3n) is 4.25. The Labute approximate surface area is 171 Å². The maximum atomic E-state index is 14.2. The van der Waals surface area contributed by atoms with Crippen LogP contribution < -0.4 is 0 Å². The summed E-state index contributed by atoms with van der Waals surface area (Å²) in [5.41, 5.74) is 1.43. The lowest BCUT2D eigenvalue weighted by Gasteiger charge is -2.30. The summed E-state index contributed by atoms with van der Waals surface area (Å²) in [4.78, 5) is 1.38. The van der Waals surface area contributed by atoms with Gasteiger partial charge in [-0.25, -0.2) is 0 Å². The molecule has 0 radical (unpaired) electrons. The normalized spacial score (nSPS) is 12.4. The number of alkyl halides is 3. The molecule has 0 bridgehead atoms. The van der Waals surface area contributed by atoms with Crippen LogP contribution in [0.2, 0.25) is 0 Å². The van der Waals surface area contributed by atoms with Crippen LogP contribution in [0.15, 0.2) is 96.7 Å². The lowest BCUT2D eigenvalue weighted by molar-refractivity contribution is -0.112. The first-order valence-corrected chi connectivity index (χ1v) is 9.59. The summed E-state index contributed by atoms with van der Waals surface area (Å²) in [7, 11) is 0. The van der Waals surface area contributed by atoms with Crippen molar-refractivity contribution in [3.63, 3.8) is 0 Å². The molecule has 0 amide bonds. The van der Waals surface area contributed by atoms with Gasteiger partial charge in [0, 0.05) is 13.1 Å². The second-order valence-electron chi connectivity index (χ2n) is 6.35. The van der Waals surface area contributed by atoms with E-state index in [4.69, 9.17) is 0 Å². The molecule has 0 heterocycles. The smallest absolute Gasteiger partial charge is 0.358 e. The highest BCUT2D eigenvalue weighted by molar-refractivity contribution is 9.15. The van der Waals surface area contributed by atoms with Crippen molar-refractivity contribution in [2.45, 2.75) is 19.3 Å². The van der Waals surface area contributed by atoms with Gasteiger partial charge in [-0.1, -0.05) is 91.0 Å². The van der Waals surface area contributed by atoms with E-state index in [0.29, 0.717) is 5.56 Å². The van der Waals surface area contributed by atoms with E-state index < -0.39 is 11.9 Å². The third-order valence-corrected chi connectivity index (χ3v) is 5.09. The number of nitrogens with zero attached hydrogens (tertiary/aromatic N) is 1. The first-order chi connectivity index (χ1) is 13.4. The first kappa shape index (κ1) is 20.2. The Kier molecular flexibility index (Phi) is 6.57. The number of allylic oxidation sites excluding steroid dienone is 1. The number of benzene rings is 3. The molecule has 3 aromatic carbocycles. The van der Waals surface area contributed by atoms with Crippen LogP contribution in [0.25, 0.3) is 4.48 Å². The van der Waals surface area contributed by atoms with E-state index in [0.717, 1.165) is 11.1 Å². The summed E-state index contributed by atoms with van der Waals surface area (Å²) in [6, 6.07) is 26.9. The Hall–Kier alpha value is -2.53. The topological polar surface area (TPSA) is 3.24 Å². The molecule has 3 aromatic rings. The van der Waals surface area contributed by atoms with E-state index in [1.54, 1.807) is 30.3 Å². The summed E-state index contributed by atoms with van der Waals surface area (Å²) >= 11 is 3.23. The molecule has 3 rings (SSSR count). The van der Waals surface area contributed by atoms with Crippen molar-refractivity contribution < 1.29 is 13.2 Å². The van der Waals surface area contributed by atoms with Gasteiger partial charge in [-0.3, -0.25) is 0 Å². The molecule has 0 aliphatic rings. The van der Waals surface area contributed by atoms with Gasteiger partial charge in [0.05, 0.1) is 4.48 Å². The predicted octanol–water partition coefficient (Wildman–Crippen LogP) is 7.01. The zero-order valence-corrected chi connectivity index (χ0v) is 16.6. The van der Waals surface area contributed by atoms with Crippen molar-refractivity contribution in [1.82, 2.24) is 4.90 Å². The van der Waals surface area contributed by atoms with Gasteiger partial charge in [0.25, 0.3) is 0 Å². The minimum Gasteiger partial charge on any atom is -0.358 e. The van der Waals surface area contributed by atoms with Crippen LogP contribution in [-0.4, -0.2) is 11.1 Å². The summed E-state index contributed by atoms with van der Waals surface area (Å²) < 4.78 is 42.6. The maximum absolute atomic E-state index is 14.2. The fraction of sp³-hybridized carbons (Fsp3) is 0.130. The zero-order valence-electron chi connectivity index (χ0n) is 15.0. The molecule has 28 heavy (non-hydrogen) atoms.